The Kier molecular flexibility index (Phi) is 17.6. The number of nitrogens with two attached hydrogens (primary N) is 1. The van der Waals surface area contributed by atoms with Crippen molar-refractivity contribution in [3.8, 4) is 12.0 Å². The van der Waals surface area contributed by atoms with Crippen molar-refractivity contribution in [2.45, 2.75) is 33.4 Å². The largest absolute Gasteiger partial charge is 0.462 e. The molecule has 7 heterocycles. The molecule has 0 spiro atoms. The normalized spacial score (nSPS) is 19.0. The zero-order valence-corrected chi connectivity index (χ0v) is 39.7. The number of carbonyl (C=O) groups excluding carboxylic acids is 3. The Balaban J connectivity index is 0.000000157. The van der Waals surface area contributed by atoms with Gasteiger partial charge in [0.05, 0.1) is 76.5 Å². The third-order valence-corrected chi connectivity index (χ3v) is 12.3. The van der Waals surface area contributed by atoms with Crippen molar-refractivity contribution in [3.05, 3.63) is 87.7 Å². The Hall–Kier alpha value is -6.00. The number of nitrogens with one attached hydrogen (secondary N) is 1. The van der Waals surface area contributed by atoms with E-state index in [-0.39, 0.29) is 30.4 Å². The molecule has 0 saturated carbocycles. The van der Waals surface area contributed by atoms with E-state index in [1.165, 1.54) is 0 Å². The van der Waals surface area contributed by atoms with Crippen molar-refractivity contribution in [2.75, 3.05) is 147 Å². The fraction of sp³-hybridized carbons (Fsp3) is 0.510. The molecule has 69 heavy (non-hydrogen) atoms. The maximum atomic E-state index is 12.5. The monoisotopic (exact) mass is 949 g/mol. The molecule has 6 aliphatic rings. The van der Waals surface area contributed by atoms with Crippen LogP contribution in [0.3, 0.4) is 0 Å². The number of carbonyl (C=O) groups is 3. The molecule has 1 amide bonds. The maximum Gasteiger partial charge on any atom is 0.318 e. The number of hydrogen-bond acceptors (Lipinski definition) is 19. The second kappa shape index (κ2) is 24.5. The van der Waals surface area contributed by atoms with Gasteiger partial charge in [-0.2, -0.15) is 19.9 Å². The van der Waals surface area contributed by atoms with Crippen molar-refractivity contribution in [1.82, 2.24) is 29.7 Å². The highest BCUT2D eigenvalue weighted by atomic mass is 16.5. The summed E-state index contributed by atoms with van der Waals surface area (Å²) in [7, 11) is 0. The molecule has 2 aromatic heterocycles. The van der Waals surface area contributed by atoms with Crippen LogP contribution in [0.15, 0.2) is 53.5 Å². The van der Waals surface area contributed by atoms with Gasteiger partial charge >= 0.3 is 12.0 Å². The van der Waals surface area contributed by atoms with Gasteiger partial charge < -0.3 is 49.3 Å². The van der Waals surface area contributed by atoms with Crippen molar-refractivity contribution in [1.29, 1.82) is 0 Å². The number of aliphatic imine (C=N–C) groups is 1. The van der Waals surface area contributed by atoms with Gasteiger partial charge in [-0.05, 0) is 37.6 Å². The van der Waals surface area contributed by atoms with E-state index in [0.29, 0.717) is 62.0 Å². The van der Waals surface area contributed by atoms with Crippen molar-refractivity contribution in [2.24, 2.45) is 10.7 Å². The van der Waals surface area contributed by atoms with E-state index in [0.717, 1.165) is 150 Å². The minimum atomic E-state index is -0.325. The zero-order valence-electron chi connectivity index (χ0n) is 39.7. The van der Waals surface area contributed by atoms with Gasteiger partial charge in [-0.15, -0.1) is 0 Å². The third-order valence-electron chi connectivity index (χ3n) is 12.3. The molecule has 10 rings (SSSR count). The summed E-state index contributed by atoms with van der Waals surface area (Å²) < 4.78 is 33.3. The number of fused-ring (bicyclic) bond motifs is 2. The fourth-order valence-corrected chi connectivity index (χ4v) is 8.37. The third kappa shape index (κ3) is 13.8. The SMILES string of the molecule is Cc1ccc2c(c1)C(=NCc1cc(N3CCOCC3)nc(OCCN3CCOCC3)n1)C(=O)N2.Cc1ccc2c(c1)C(=O)C(=O)C2.NCc1cc(N2CCOCC2)nc(OCCN2CCOCC2)n1. The molecular formula is C49H63N11O9. The Bertz CT molecular complexity index is 2430. The van der Waals surface area contributed by atoms with Gasteiger partial charge in [0.2, 0.25) is 11.6 Å². The summed E-state index contributed by atoms with van der Waals surface area (Å²) in [4.78, 5) is 66.4. The summed E-state index contributed by atoms with van der Waals surface area (Å²) in [6.45, 7) is 20.0. The van der Waals surface area contributed by atoms with Crippen LogP contribution in [-0.2, 0) is 48.0 Å². The summed E-state index contributed by atoms with van der Waals surface area (Å²) >= 11 is 0. The van der Waals surface area contributed by atoms with Crippen LogP contribution in [0.1, 0.15) is 44.0 Å². The first-order chi connectivity index (χ1) is 33.7. The predicted molar refractivity (Wildman–Crippen MR) is 258 cm³/mol. The first-order valence-electron chi connectivity index (χ1n) is 23.8. The van der Waals surface area contributed by atoms with E-state index < -0.39 is 0 Å². The molecule has 4 fully saturated rings. The maximum absolute atomic E-state index is 12.5. The number of ketones is 2. The number of morpholine rings is 4. The molecule has 4 saturated heterocycles. The van der Waals surface area contributed by atoms with Gasteiger partial charge in [-0.1, -0.05) is 29.3 Å². The van der Waals surface area contributed by atoms with Crippen LogP contribution in [0.2, 0.25) is 0 Å². The molecule has 1 aliphatic carbocycles. The van der Waals surface area contributed by atoms with Gasteiger partial charge in [0, 0.05) is 102 Å². The second-order valence-electron chi connectivity index (χ2n) is 17.3. The number of hydrogen-bond donors (Lipinski definition) is 2. The molecule has 0 unspecified atom stereocenters. The van der Waals surface area contributed by atoms with E-state index in [4.69, 9.17) is 34.2 Å². The molecule has 3 N–H and O–H groups in total. The summed E-state index contributed by atoms with van der Waals surface area (Å²) in [5, 5.41) is 2.88. The predicted octanol–water partition coefficient (Wildman–Crippen LogP) is 2.06. The number of Topliss-reactive ketones (excluding diaryl/α,β-unsaturated/α-hetero) is 2. The van der Waals surface area contributed by atoms with Gasteiger partial charge in [-0.25, -0.2) is 0 Å². The lowest BCUT2D eigenvalue weighted by Crippen LogP contribution is -2.39. The molecule has 4 aromatic rings. The molecule has 368 valence electrons. The lowest BCUT2D eigenvalue weighted by molar-refractivity contribution is -0.114. The summed E-state index contributed by atoms with van der Waals surface area (Å²) in [5.41, 5.74) is 12.9. The van der Waals surface area contributed by atoms with E-state index in [2.05, 4.69) is 49.8 Å². The smallest absolute Gasteiger partial charge is 0.318 e. The first-order valence-corrected chi connectivity index (χ1v) is 23.8. The molecule has 2 aromatic carbocycles. The molecule has 20 heteroatoms. The van der Waals surface area contributed by atoms with Crippen molar-refractivity contribution in [3.63, 3.8) is 0 Å². The number of anilines is 3. The highest BCUT2D eigenvalue weighted by Crippen LogP contribution is 2.26. The average Bonchev–Trinajstić information content (AvgIpc) is 3.85. The fourth-order valence-electron chi connectivity index (χ4n) is 8.37. The topological polar surface area (TPSA) is 222 Å². The van der Waals surface area contributed by atoms with E-state index in [1.54, 1.807) is 6.07 Å². The summed E-state index contributed by atoms with van der Waals surface area (Å²) in [6.07, 6.45) is 0.286. The van der Waals surface area contributed by atoms with Crippen LogP contribution in [0.5, 0.6) is 12.0 Å². The number of nitrogens with zero attached hydrogens (tertiary/aromatic N) is 9. The van der Waals surface area contributed by atoms with E-state index in [1.807, 2.05) is 56.3 Å². The number of ether oxygens (including phenoxy) is 6. The van der Waals surface area contributed by atoms with Gasteiger partial charge in [0.15, 0.2) is 0 Å². The van der Waals surface area contributed by atoms with Crippen molar-refractivity contribution < 1.29 is 42.8 Å². The first kappa shape index (κ1) is 49.4. The summed E-state index contributed by atoms with van der Waals surface area (Å²) in [6, 6.07) is 16.0. The number of benzene rings is 2. The Morgan fingerprint density at radius 2 is 1.12 bits per heavy atom. The minimum absolute atomic E-state index is 0.190. The number of aromatic nitrogens is 4. The van der Waals surface area contributed by atoms with Crippen LogP contribution in [0.4, 0.5) is 17.3 Å². The van der Waals surface area contributed by atoms with Crippen LogP contribution >= 0.6 is 0 Å². The van der Waals surface area contributed by atoms with Crippen LogP contribution in [0.25, 0.3) is 0 Å². The molecule has 0 atom stereocenters. The highest BCUT2D eigenvalue weighted by Gasteiger charge is 2.28. The number of rotatable bonds is 13. The zero-order chi connectivity index (χ0) is 48.0. The molecule has 5 aliphatic heterocycles. The molecule has 20 nitrogen and oxygen atoms in total. The van der Waals surface area contributed by atoms with Gasteiger partial charge in [-0.3, -0.25) is 29.2 Å². The number of amides is 1. The van der Waals surface area contributed by atoms with E-state index >= 15 is 0 Å². The lowest BCUT2D eigenvalue weighted by atomic mass is 10.1. The summed E-state index contributed by atoms with van der Waals surface area (Å²) in [5.74, 6) is 0.862. The van der Waals surface area contributed by atoms with Crippen LogP contribution in [0, 0.1) is 13.8 Å². The molecule has 0 radical (unpaired) electrons. The quantitative estimate of drug-likeness (QED) is 0.183. The minimum Gasteiger partial charge on any atom is -0.462 e. The average molecular weight is 950 g/mol. The van der Waals surface area contributed by atoms with Gasteiger partial charge in [0.1, 0.15) is 30.6 Å². The Morgan fingerprint density at radius 1 is 0.623 bits per heavy atom. The lowest BCUT2D eigenvalue weighted by Gasteiger charge is -2.28. The standard InChI is InChI=1S/C24H30N6O4.C15H25N5O3.C10H8O2/c1-17-2-3-20-19(14-17)22(23(31)27-20)25-16-18-15-21(30-7-11-33-12-8-30)28-24(26-18)34-13-6-29-4-9-32-10-5-29;16-12-13-11-14(20-4-8-22-9-5-20)18-15(17-13)23-10-3-19-1-6-21-7-2-19;1-6-2-3-7-5-9(11)10(12)8(7)4-6/h2-3,14-15H,4-13,16H2,1H3,(H,25,27,31);11H,1-10,12,16H2;2-4H,5H2,1H3. The van der Waals surface area contributed by atoms with Crippen molar-refractivity contribution >= 4 is 40.5 Å². The second-order valence-corrected chi connectivity index (χ2v) is 17.3. The van der Waals surface area contributed by atoms with Crippen LogP contribution in [-0.4, -0.2) is 184 Å². The van der Waals surface area contributed by atoms with E-state index in [9.17, 15) is 14.4 Å². The van der Waals surface area contributed by atoms with Gasteiger partial charge in [0.25, 0.3) is 5.91 Å². The number of aryl methyl sites for hydroxylation is 2. The highest BCUT2D eigenvalue weighted by molar-refractivity contribution is 6.53. The molecular weight excluding hydrogens is 887 g/mol. The Morgan fingerprint density at radius 3 is 1.67 bits per heavy atom. The molecule has 0 bridgehead atoms. The van der Waals surface area contributed by atoms with Crippen LogP contribution < -0.4 is 30.3 Å². The Labute approximate surface area is 402 Å².